The van der Waals surface area contributed by atoms with Crippen LogP contribution in [0.25, 0.3) is 11.5 Å². The molecule has 0 unspecified atom stereocenters. The van der Waals surface area contributed by atoms with Crippen molar-refractivity contribution in [2.24, 2.45) is 5.73 Å². The standard InChI is InChI=1S/C10H8ClNO.C7H7NO.C3H4Cl2O.I59/c11-6-9-7-13-10(12-9)8-4-2-1-3-5-8;8-7(9)6-4-2-1-3-5-6;4-1-3(6)2-5;1-31-33(4)35(6)37(8)39(10)41(12)43(14)45(16)47(18)49(20)51(22)53(24)55(26)57(28)59(30)58(29)56(27)54(25)52(23)50(21)48(19)46(17)44(15)42(13)40(11)38(9)36(7)34(5)32(2)3/h1-5,7H,6H2;1-5H,(H2,8,9);1-2H2;/q;;;-1. The number of carbonyl (C=O) groups excluding carboxylic acids is 2. The maximum Gasteiger partial charge on any atom is 0.248 e. The third-order valence-electron chi connectivity index (χ3n) is 5.31. The van der Waals surface area contributed by atoms with E-state index in [2.05, 4.69) is 563 Å². The van der Waals surface area contributed by atoms with Crippen LogP contribution in [0.15, 0.2) is 71.3 Å². The predicted octanol–water partition coefficient (Wildman–Crippen LogP) is 53.3. The maximum absolute atomic E-state index is 10.4. The Labute approximate surface area is 922 Å². The van der Waals surface area contributed by atoms with Gasteiger partial charge in [0.15, 0.2) is 5.78 Å². The van der Waals surface area contributed by atoms with Gasteiger partial charge in [0.2, 0.25) is 11.8 Å². The van der Waals surface area contributed by atoms with Gasteiger partial charge in [0.1, 0.15) is 6.26 Å². The summed E-state index contributed by atoms with van der Waals surface area (Å²) in [5.41, 5.74) is 7.26. The number of aromatic nitrogens is 1. The van der Waals surface area contributed by atoms with Crippen LogP contribution >= 0.6 is 814 Å². The van der Waals surface area contributed by atoms with Gasteiger partial charge in [-0.25, -0.2) is 4.98 Å². The van der Waals surface area contributed by atoms with Crippen molar-refractivity contribution in [3.63, 3.8) is 0 Å². The van der Waals surface area contributed by atoms with Crippen LogP contribution in [0.5, 0.6) is 0 Å². The number of primary amides is 1. The van der Waals surface area contributed by atoms with Gasteiger partial charge in [0.05, 0.1) is 23.3 Å². The molecule has 0 spiro atoms. The topological polar surface area (TPSA) is 86.2 Å². The zero-order chi connectivity index (χ0) is 67.7. The summed E-state index contributed by atoms with van der Waals surface area (Å²) >= 11 is 115. The number of carbonyl (C=O) groups is 2. The minimum Gasteiger partial charge on any atom is -0.366 e. The van der Waals surface area contributed by atoms with E-state index in [1.54, 1.807) is 30.5 Å². The molecule has 562 valence electrons. The van der Waals surface area contributed by atoms with E-state index < -0.39 is 221 Å². The number of amides is 1. The van der Waals surface area contributed by atoms with Gasteiger partial charge >= 0.3 is 793 Å². The Morgan fingerprint density at radius 2 is 0.632 bits per heavy atom. The van der Waals surface area contributed by atoms with Crippen molar-refractivity contribution in [3.8, 4) is 11.5 Å². The molecule has 0 bridgehead atoms. The Kier molecular flexibility index (Phi) is 115. The molecule has 0 saturated heterocycles. The van der Waals surface area contributed by atoms with Gasteiger partial charge < -0.3 is 10.2 Å². The first kappa shape index (κ1) is 128. The van der Waals surface area contributed by atoms with Crippen LogP contribution in [0.3, 0.4) is 0 Å². The van der Waals surface area contributed by atoms with Gasteiger partial charge in [0.25, 0.3) is 0 Å². The molecule has 2 aromatic carbocycles. The molecular formula is C20H19Cl3I59N2O3-. The summed E-state index contributed by atoms with van der Waals surface area (Å²) in [6.07, 6.45) is 1.58. The fraction of sp³-hybridized carbons (Fsp3) is 0.150. The first-order chi connectivity index (χ1) is 40.4. The molecule has 0 radical (unpaired) electrons. The van der Waals surface area contributed by atoms with Crippen LogP contribution in [-0.2, 0) is 10.7 Å². The first-order valence-electron chi connectivity index (χ1n) is 16.3. The van der Waals surface area contributed by atoms with Crippen LogP contribution in [-0.4, -0.2) is 28.4 Å². The van der Waals surface area contributed by atoms with Gasteiger partial charge in [-0.15, -0.1) is 34.8 Å². The molecule has 5 nitrogen and oxygen atoms in total. The van der Waals surface area contributed by atoms with E-state index >= 15 is 0 Å². The fourth-order valence-corrected chi connectivity index (χ4v) is 11100. The zero-order valence-electron chi connectivity index (χ0n) is 37.2. The Hall–Kier alpha value is 40.7. The number of Topliss-reactive ketones (excluding diaryl/α,β-unsaturated/α-hetero) is 1. The average molecular weight is 7930 g/mol. The van der Waals surface area contributed by atoms with Crippen molar-refractivity contribution in [3.05, 3.63) is 78.2 Å². The van der Waals surface area contributed by atoms with Crippen molar-refractivity contribution in [2.45, 2.75) is 5.88 Å². The molecule has 0 aliphatic heterocycles. The molecule has 1 heterocycles. The number of rotatable bonds is 33. The summed E-state index contributed by atoms with van der Waals surface area (Å²) in [6.45, 7) is 0. The summed E-state index contributed by atoms with van der Waals surface area (Å²) in [5, 5.41) is 0. The third kappa shape index (κ3) is 54.8. The summed E-state index contributed by atoms with van der Waals surface area (Å²) in [6, 6.07) is 18.5. The third-order valence-corrected chi connectivity index (χ3v) is 4550. The van der Waals surface area contributed by atoms with Crippen LogP contribution in [0, 0.1) is 0 Å². The molecule has 1 aromatic heterocycles. The molecule has 0 aliphatic rings. The molecule has 87 heavy (non-hydrogen) atoms. The van der Waals surface area contributed by atoms with Crippen molar-refractivity contribution in [1.29, 1.82) is 0 Å². The average Bonchev–Trinajstić information content (AvgIpc) is 4.14. The normalized spacial score (nSPS) is 15.8. The Bertz CT molecular complexity index is 2310. The van der Waals surface area contributed by atoms with E-state index in [0.717, 1.165) is 11.3 Å². The number of alkyl halides is 3. The molecule has 0 aliphatic carbocycles. The monoisotopic (exact) mass is 7930 g/mol. The van der Waals surface area contributed by atoms with E-state index in [4.69, 9.17) is 45.0 Å². The van der Waals surface area contributed by atoms with Crippen LogP contribution < -0.4 is 19.0 Å². The quantitative estimate of drug-likeness (QED) is 0.0486. The van der Waals surface area contributed by atoms with E-state index in [1.165, 1.54) is 0 Å². The number of halogens is 62. The molecule has 0 fully saturated rings. The maximum atomic E-state index is 10.4. The molecule has 3 rings (SSSR count). The van der Waals surface area contributed by atoms with Crippen LogP contribution in [0.4, 0.5) is 0 Å². The number of benzene rings is 2. The number of nitrogens with two attached hydrogens (primary N) is 1. The van der Waals surface area contributed by atoms with Crippen molar-refractivity contribution in [2.75, 3.05) is 11.8 Å². The Balaban J connectivity index is 0.00000210. The molecule has 2 N–H and O–H groups in total. The number of hydrogen-bond acceptors (Lipinski definition) is 4. The van der Waals surface area contributed by atoms with Gasteiger partial charge in [-0.05, 0) is 24.3 Å². The molecule has 3 aromatic rings. The van der Waals surface area contributed by atoms with Crippen molar-refractivity contribution < 1.29 is 27.3 Å². The second-order valence-corrected chi connectivity index (χ2v) is 1390. The summed E-state index contributed by atoms with van der Waals surface area (Å²) in [4.78, 5) is 24.5. The van der Waals surface area contributed by atoms with Gasteiger partial charge in [0, 0.05) is 11.1 Å². The van der Waals surface area contributed by atoms with E-state index in [-0.39, 0.29) is 23.5 Å². The van der Waals surface area contributed by atoms with E-state index in [9.17, 15) is 9.59 Å². The van der Waals surface area contributed by atoms with Gasteiger partial charge in [-0.3, -0.25) is 9.59 Å². The predicted molar refractivity (Wildman–Crippen MR) is 926 cm³/mol. The minimum atomic E-state index is -0.599. The second-order valence-electron chi connectivity index (χ2n) is 9.77. The number of oxazole rings is 1. The first-order valence-corrected chi connectivity index (χ1v) is 383. The molecule has 67 heteroatoms. The Morgan fingerprint density at radius 3 is 0.816 bits per heavy atom. The summed E-state index contributed by atoms with van der Waals surface area (Å²) in [7, 11) is -15.4. The number of hydrogen-bond donors (Lipinski definition) is 1. The number of ketones is 1. The fourth-order valence-electron chi connectivity index (χ4n) is 2.54. The smallest absolute Gasteiger partial charge is 0.248 e. The number of nitrogens with zero attached hydrogens (tertiary/aromatic N) is 1. The van der Waals surface area contributed by atoms with Crippen molar-refractivity contribution in [1.82, 2.24) is 4.98 Å². The largest absolute Gasteiger partial charge is 0.366 e. The van der Waals surface area contributed by atoms with Gasteiger partial charge in [-0.1, -0.05) is 36.4 Å². The van der Waals surface area contributed by atoms with E-state index in [0.29, 0.717) is 30.6 Å². The van der Waals surface area contributed by atoms with Crippen molar-refractivity contribution >= 4 is 826 Å². The van der Waals surface area contributed by atoms with Crippen LogP contribution in [0.2, 0.25) is 0 Å². The minimum absolute atomic E-state index is 0.0312. The summed E-state index contributed by atoms with van der Waals surface area (Å²) in [5.74, 6) is 0.564. The van der Waals surface area contributed by atoms with E-state index in [1.807, 2.05) is 36.4 Å². The summed E-state index contributed by atoms with van der Waals surface area (Å²) < 4.78 is 5.25. The molecular weight excluding hydrogens is 7910 g/mol. The second kappa shape index (κ2) is 78.5. The Morgan fingerprint density at radius 1 is 0.391 bits per heavy atom. The zero-order valence-corrected chi connectivity index (χ0v) is 167. The SMILES string of the molecule is ClCc1coc(-c2ccccc2)n1.I[I-]I(I)I(I)I(I)I(I)I(I)I(I)I(I)I(I)I(I)I(I)I(I)I(I)I(I)I(I)I(I)I(I)I(I)I(I)I(I)I(I)I(I)I(I)I(I)I(I)I(I)I(I)I(I)I(I)I.NC(=O)c1ccccc1.O=C(CCl)CCl. The van der Waals surface area contributed by atoms with Crippen LogP contribution in [0.1, 0.15) is 16.1 Å². The molecule has 0 saturated carbocycles. The molecule has 0 atom stereocenters. The molecule has 1 amide bonds. The van der Waals surface area contributed by atoms with Gasteiger partial charge in [-0.2, -0.15) is 0 Å².